The Kier molecular flexibility index (Phi) is 10.5. The Morgan fingerprint density at radius 1 is 0.792 bits per heavy atom. The number of aliphatic imine (C=N–C) groups is 1. The van der Waals surface area contributed by atoms with E-state index >= 15 is 0 Å². The molecular formula is C38H39N5O5. The van der Waals surface area contributed by atoms with Crippen LogP contribution in [0.1, 0.15) is 28.2 Å². The van der Waals surface area contributed by atoms with Crippen molar-refractivity contribution in [2.75, 3.05) is 50.7 Å². The first-order chi connectivity index (χ1) is 23.4. The van der Waals surface area contributed by atoms with Gasteiger partial charge in [-0.1, -0.05) is 91.0 Å². The monoisotopic (exact) mass is 645 g/mol. The van der Waals surface area contributed by atoms with Crippen LogP contribution in [-0.4, -0.2) is 85.5 Å². The van der Waals surface area contributed by atoms with Gasteiger partial charge in [0.2, 0.25) is 0 Å². The maximum atomic E-state index is 13.4. The molecular weight excluding hydrogens is 606 g/mol. The predicted octanol–water partition coefficient (Wildman–Crippen LogP) is 4.44. The van der Waals surface area contributed by atoms with Gasteiger partial charge in [-0.15, -0.1) is 0 Å². The Balaban J connectivity index is 0.996. The molecule has 10 heteroatoms. The summed E-state index contributed by atoms with van der Waals surface area (Å²) in [5.41, 5.74) is 10.2. The van der Waals surface area contributed by atoms with Gasteiger partial charge in [0.1, 0.15) is 18.5 Å². The molecule has 2 heterocycles. The minimum atomic E-state index is -0.578. The zero-order chi connectivity index (χ0) is 33.3. The number of anilines is 1. The largest absolute Gasteiger partial charge is 0.460 e. The van der Waals surface area contributed by atoms with Crippen molar-refractivity contribution in [3.8, 4) is 0 Å². The van der Waals surface area contributed by atoms with E-state index in [0.717, 1.165) is 42.9 Å². The summed E-state index contributed by atoms with van der Waals surface area (Å²) >= 11 is 0. The summed E-state index contributed by atoms with van der Waals surface area (Å²) in [6.07, 6.45) is -0.686. The number of amides is 2. The second-order valence-electron chi connectivity index (χ2n) is 12.0. The maximum absolute atomic E-state index is 13.4. The fourth-order valence-electron chi connectivity index (χ4n) is 6.04. The summed E-state index contributed by atoms with van der Waals surface area (Å²) in [5, 5.41) is 0. The highest BCUT2D eigenvalue weighted by atomic mass is 16.6. The molecule has 0 saturated carbocycles. The van der Waals surface area contributed by atoms with E-state index in [4.69, 9.17) is 15.2 Å². The topological polar surface area (TPSA) is 118 Å². The molecule has 4 aromatic carbocycles. The molecule has 10 nitrogen and oxygen atoms in total. The van der Waals surface area contributed by atoms with E-state index in [1.165, 1.54) is 0 Å². The standard InChI is InChI=1S/C38H39N5O5/c39-36(40-37(45)35(29-12-6-2-7-13-29)30-14-8-3-9-15-30)31-16-18-32(19-17-31)43-25-33(48-38(43)46)24-41-20-22-42(23-21-41)26-34(44)47-27-28-10-4-1-5-11-28/h1-19,33,35H,20-27H2,(H2,39,40,45). The van der Waals surface area contributed by atoms with Crippen LogP contribution in [0, 0.1) is 0 Å². The van der Waals surface area contributed by atoms with Crippen molar-refractivity contribution >= 4 is 29.5 Å². The summed E-state index contributed by atoms with van der Waals surface area (Å²) in [5.74, 6) is -1.06. The summed E-state index contributed by atoms with van der Waals surface area (Å²) in [6.45, 7) is 4.55. The average Bonchev–Trinajstić information content (AvgIpc) is 3.49. The molecule has 1 atom stereocenters. The van der Waals surface area contributed by atoms with E-state index in [-0.39, 0.29) is 37.0 Å². The van der Waals surface area contributed by atoms with Gasteiger partial charge >= 0.3 is 12.1 Å². The molecule has 2 saturated heterocycles. The molecule has 1 unspecified atom stereocenters. The minimum absolute atomic E-state index is 0.105. The molecule has 246 valence electrons. The number of nitrogens with two attached hydrogens (primary N) is 1. The van der Waals surface area contributed by atoms with E-state index in [1.54, 1.807) is 29.2 Å². The molecule has 0 radical (unpaired) electrons. The van der Waals surface area contributed by atoms with Crippen molar-refractivity contribution in [3.63, 3.8) is 0 Å². The number of esters is 1. The van der Waals surface area contributed by atoms with Gasteiger partial charge in [0.25, 0.3) is 5.91 Å². The van der Waals surface area contributed by atoms with Gasteiger partial charge in [0.15, 0.2) is 0 Å². The average molecular weight is 646 g/mol. The van der Waals surface area contributed by atoms with Crippen molar-refractivity contribution in [1.29, 1.82) is 0 Å². The third kappa shape index (κ3) is 8.33. The number of ether oxygens (including phenoxy) is 2. The Hall–Kier alpha value is -5.32. The van der Waals surface area contributed by atoms with Gasteiger partial charge in [-0.3, -0.25) is 24.3 Å². The second kappa shape index (κ2) is 15.5. The molecule has 2 fully saturated rings. The third-order valence-corrected chi connectivity index (χ3v) is 8.61. The molecule has 0 spiro atoms. The summed E-state index contributed by atoms with van der Waals surface area (Å²) in [6, 6.07) is 35.8. The first kappa shape index (κ1) is 32.6. The number of amidine groups is 1. The number of rotatable bonds is 11. The molecule has 4 aromatic rings. The number of nitrogens with zero attached hydrogens (tertiary/aromatic N) is 4. The molecule has 48 heavy (non-hydrogen) atoms. The number of benzene rings is 4. The normalized spacial score (nSPS) is 17.4. The molecule has 0 aliphatic carbocycles. The lowest BCUT2D eigenvalue weighted by Crippen LogP contribution is -2.50. The molecule has 6 rings (SSSR count). The lowest BCUT2D eigenvalue weighted by Gasteiger charge is -2.34. The van der Waals surface area contributed by atoms with Gasteiger partial charge in [-0.2, -0.15) is 4.99 Å². The first-order valence-corrected chi connectivity index (χ1v) is 16.1. The number of carbonyl (C=O) groups is 3. The number of hydrogen-bond donors (Lipinski definition) is 1. The highest BCUT2D eigenvalue weighted by Gasteiger charge is 2.34. The minimum Gasteiger partial charge on any atom is -0.460 e. The van der Waals surface area contributed by atoms with E-state index in [2.05, 4.69) is 14.8 Å². The SMILES string of the molecule is NC(=NC(=O)C(c1ccccc1)c1ccccc1)c1ccc(N2CC(CN3CCN(CC(=O)OCc4ccccc4)CC3)OC2=O)cc1. The van der Waals surface area contributed by atoms with Gasteiger partial charge < -0.3 is 15.2 Å². The maximum Gasteiger partial charge on any atom is 0.414 e. The van der Waals surface area contributed by atoms with E-state index in [1.807, 2.05) is 91.0 Å². The van der Waals surface area contributed by atoms with Gasteiger partial charge in [0.05, 0.1) is 19.0 Å². The van der Waals surface area contributed by atoms with Crippen molar-refractivity contribution in [2.45, 2.75) is 18.6 Å². The Morgan fingerprint density at radius 2 is 1.35 bits per heavy atom. The van der Waals surface area contributed by atoms with Crippen LogP contribution in [0.5, 0.6) is 0 Å². The van der Waals surface area contributed by atoms with Crippen molar-refractivity contribution in [2.24, 2.45) is 10.7 Å². The van der Waals surface area contributed by atoms with Gasteiger partial charge in [-0.25, -0.2) is 4.79 Å². The molecule has 2 N–H and O–H groups in total. The smallest absolute Gasteiger partial charge is 0.414 e. The summed E-state index contributed by atoms with van der Waals surface area (Å²) < 4.78 is 11.1. The third-order valence-electron chi connectivity index (χ3n) is 8.61. The summed E-state index contributed by atoms with van der Waals surface area (Å²) in [4.78, 5) is 48.8. The summed E-state index contributed by atoms with van der Waals surface area (Å²) in [7, 11) is 0. The number of piperazine rings is 1. The van der Waals surface area contributed by atoms with Crippen molar-refractivity contribution in [1.82, 2.24) is 9.80 Å². The van der Waals surface area contributed by atoms with Gasteiger partial charge in [0, 0.05) is 44.0 Å². The number of carbonyl (C=O) groups excluding carboxylic acids is 3. The Morgan fingerprint density at radius 3 is 1.96 bits per heavy atom. The van der Waals surface area contributed by atoms with Crippen LogP contribution in [-0.2, 0) is 25.7 Å². The van der Waals surface area contributed by atoms with E-state index in [9.17, 15) is 14.4 Å². The number of cyclic esters (lactones) is 1. The van der Waals surface area contributed by atoms with Crippen LogP contribution in [0.3, 0.4) is 0 Å². The lowest BCUT2D eigenvalue weighted by molar-refractivity contribution is -0.146. The molecule has 2 aliphatic heterocycles. The zero-order valence-electron chi connectivity index (χ0n) is 26.7. The van der Waals surface area contributed by atoms with Crippen LogP contribution in [0.4, 0.5) is 10.5 Å². The van der Waals surface area contributed by atoms with Crippen molar-refractivity contribution in [3.05, 3.63) is 138 Å². The van der Waals surface area contributed by atoms with Crippen LogP contribution in [0.15, 0.2) is 120 Å². The van der Waals surface area contributed by atoms with Crippen molar-refractivity contribution < 1.29 is 23.9 Å². The highest BCUT2D eigenvalue weighted by Crippen LogP contribution is 2.27. The van der Waals surface area contributed by atoms with E-state index in [0.29, 0.717) is 24.3 Å². The predicted molar refractivity (Wildman–Crippen MR) is 184 cm³/mol. The second-order valence-corrected chi connectivity index (χ2v) is 12.0. The van der Waals surface area contributed by atoms with Crippen LogP contribution >= 0.6 is 0 Å². The van der Waals surface area contributed by atoms with Gasteiger partial charge in [-0.05, 0) is 41.0 Å². The van der Waals surface area contributed by atoms with Crippen LogP contribution < -0.4 is 10.6 Å². The van der Waals surface area contributed by atoms with E-state index < -0.39 is 12.0 Å². The fourth-order valence-corrected chi connectivity index (χ4v) is 6.04. The zero-order valence-corrected chi connectivity index (χ0v) is 26.7. The van der Waals surface area contributed by atoms with Crippen LogP contribution in [0.25, 0.3) is 0 Å². The molecule has 0 bridgehead atoms. The highest BCUT2D eigenvalue weighted by molar-refractivity contribution is 6.06. The Labute approximate surface area is 280 Å². The van der Waals surface area contributed by atoms with Crippen LogP contribution in [0.2, 0.25) is 0 Å². The fraction of sp³-hybridized carbons (Fsp3) is 0.263. The molecule has 2 aliphatic rings. The molecule has 2 amide bonds. The number of hydrogen-bond acceptors (Lipinski definition) is 7. The quantitative estimate of drug-likeness (QED) is 0.145. The lowest BCUT2D eigenvalue weighted by atomic mass is 9.90. The molecule has 0 aromatic heterocycles. The first-order valence-electron chi connectivity index (χ1n) is 16.1. The Bertz CT molecular complexity index is 1670.